The Morgan fingerprint density at radius 2 is 1.83 bits per heavy atom. The summed E-state index contributed by atoms with van der Waals surface area (Å²) in [4.78, 5) is 1.77. The summed E-state index contributed by atoms with van der Waals surface area (Å²) >= 11 is 1.89. The summed E-state index contributed by atoms with van der Waals surface area (Å²) in [6.07, 6.45) is 12.8. The van der Waals surface area contributed by atoms with Crippen molar-refractivity contribution in [1.82, 2.24) is 14.8 Å². The van der Waals surface area contributed by atoms with E-state index in [4.69, 9.17) is 0 Å². The zero-order valence-corrected chi connectivity index (χ0v) is 15.1. The number of piperidine rings is 1. The molecule has 0 atom stereocenters. The minimum Gasteiger partial charge on any atom is -0.334 e. The van der Waals surface area contributed by atoms with Gasteiger partial charge < -0.3 is 9.47 Å². The van der Waals surface area contributed by atoms with Gasteiger partial charge in [-0.2, -0.15) is 0 Å². The van der Waals surface area contributed by atoms with Gasteiger partial charge in [0.25, 0.3) is 0 Å². The molecule has 1 aromatic heterocycles. The molecule has 2 heterocycles. The van der Waals surface area contributed by atoms with E-state index in [2.05, 4.69) is 21.3 Å². The van der Waals surface area contributed by atoms with E-state index in [1.807, 2.05) is 17.8 Å². The molecule has 1 aromatic rings. The van der Waals surface area contributed by atoms with Gasteiger partial charge in [0.2, 0.25) is 0 Å². The van der Waals surface area contributed by atoms with Crippen LogP contribution in [-0.2, 0) is 6.54 Å². The molecule has 1 N–H and O–H groups in total. The molecular weight excluding hydrogens is 304 g/mol. The second-order valence-corrected chi connectivity index (χ2v) is 8.05. The van der Waals surface area contributed by atoms with Gasteiger partial charge in [0.15, 0.2) is 5.16 Å². The first-order chi connectivity index (χ1) is 11.4. The van der Waals surface area contributed by atoms with Gasteiger partial charge in [0, 0.05) is 12.5 Å². The Kier molecular flexibility index (Phi) is 6.57. The number of allylic oxidation sites excluding steroid dienone is 1. The van der Waals surface area contributed by atoms with Crippen LogP contribution < -0.4 is 4.90 Å². The smallest absolute Gasteiger partial charge is 0.191 e. The highest BCUT2D eigenvalue weighted by molar-refractivity contribution is 7.99. The third kappa shape index (κ3) is 4.60. The Hall–Kier alpha value is -0.810. The quantitative estimate of drug-likeness (QED) is 0.615. The lowest BCUT2D eigenvalue weighted by atomic mass is 9.89. The first-order valence-corrected chi connectivity index (χ1v) is 10.4. The molecule has 0 unspecified atom stereocenters. The first-order valence-electron chi connectivity index (χ1n) is 9.39. The molecule has 1 aliphatic carbocycles. The van der Waals surface area contributed by atoms with Gasteiger partial charge in [-0.1, -0.05) is 37.1 Å². The van der Waals surface area contributed by atoms with Crippen molar-refractivity contribution in [2.45, 2.75) is 69.0 Å². The Balaban J connectivity index is 1.59. The zero-order valence-electron chi connectivity index (χ0n) is 14.3. The minimum atomic E-state index is 0.610. The van der Waals surface area contributed by atoms with Crippen molar-refractivity contribution < 1.29 is 4.90 Å². The maximum atomic E-state index is 4.56. The van der Waals surface area contributed by atoms with E-state index in [-0.39, 0.29) is 0 Å². The predicted octanol–water partition coefficient (Wildman–Crippen LogP) is 2.67. The van der Waals surface area contributed by atoms with Crippen molar-refractivity contribution in [3.63, 3.8) is 0 Å². The number of quaternary nitrogens is 1. The van der Waals surface area contributed by atoms with Crippen molar-refractivity contribution in [1.29, 1.82) is 0 Å². The topological polar surface area (TPSA) is 35.2 Å². The summed E-state index contributed by atoms with van der Waals surface area (Å²) in [5, 5.41) is 10.2. The molecule has 1 saturated heterocycles. The number of hydrogen-bond donors (Lipinski definition) is 1. The van der Waals surface area contributed by atoms with Gasteiger partial charge in [0.05, 0.1) is 25.4 Å². The van der Waals surface area contributed by atoms with Crippen LogP contribution in [0.25, 0.3) is 0 Å². The van der Waals surface area contributed by atoms with Gasteiger partial charge in [-0.05, 0) is 32.1 Å². The largest absolute Gasteiger partial charge is 0.334 e. The summed E-state index contributed by atoms with van der Waals surface area (Å²) in [5.41, 5.74) is 0. The summed E-state index contributed by atoms with van der Waals surface area (Å²) in [6.45, 7) is 8.73. The number of aromatic nitrogens is 3. The molecule has 0 spiro atoms. The van der Waals surface area contributed by atoms with Crippen LogP contribution in [0.3, 0.4) is 0 Å². The summed E-state index contributed by atoms with van der Waals surface area (Å²) in [5.74, 6) is 2.96. The number of nitrogens with one attached hydrogen (secondary N) is 1. The monoisotopic (exact) mass is 335 g/mol. The van der Waals surface area contributed by atoms with E-state index >= 15 is 0 Å². The zero-order chi connectivity index (χ0) is 15.9. The second-order valence-electron chi connectivity index (χ2n) is 6.98. The highest BCUT2D eigenvalue weighted by Gasteiger charge is 2.23. The summed E-state index contributed by atoms with van der Waals surface area (Å²) in [7, 11) is 0. The van der Waals surface area contributed by atoms with E-state index in [9.17, 15) is 0 Å². The Morgan fingerprint density at radius 1 is 1.09 bits per heavy atom. The lowest BCUT2D eigenvalue weighted by Gasteiger charge is -2.23. The van der Waals surface area contributed by atoms with Crippen molar-refractivity contribution in [2.24, 2.45) is 0 Å². The second kappa shape index (κ2) is 8.88. The molecule has 1 aliphatic heterocycles. The molecule has 0 aromatic carbocycles. The van der Waals surface area contributed by atoms with E-state index in [1.165, 1.54) is 76.8 Å². The van der Waals surface area contributed by atoms with Crippen LogP contribution in [0.4, 0.5) is 0 Å². The summed E-state index contributed by atoms with van der Waals surface area (Å²) < 4.78 is 2.32. The molecule has 3 rings (SSSR count). The third-order valence-electron chi connectivity index (χ3n) is 5.27. The number of thioether (sulfide) groups is 1. The highest BCUT2D eigenvalue weighted by atomic mass is 32.2. The van der Waals surface area contributed by atoms with E-state index in [0.29, 0.717) is 5.92 Å². The summed E-state index contributed by atoms with van der Waals surface area (Å²) in [6, 6.07) is 0. The molecule has 5 heteroatoms. The van der Waals surface area contributed by atoms with Crippen LogP contribution in [-0.4, -0.2) is 40.2 Å². The van der Waals surface area contributed by atoms with E-state index in [0.717, 1.165) is 17.5 Å². The van der Waals surface area contributed by atoms with Crippen LogP contribution in [0.5, 0.6) is 0 Å². The van der Waals surface area contributed by atoms with Crippen molar-refractivity contribution in [3.8, 4) is 0 Å². The molecule has 2 fully saturated rings. The van der Waals surface area contributed by atoms with Crippen LogP contribution >= 0.6 is 11.8 Å². The Labute approximate surface area is 144 Å². The first kappa shape index (κ1) is 17.0. The van der Waals surface area contributed by atoms with Gasteiger partial charge in [-0.3, -0.25) is 0 Å². The van der Waals surface area contributed by atoms with Crippen LogP contribution in [0, 0.1) is 0 Å². The number of hydrogen-bond acceptors (Lipinski definition) is 3. The van der Waals surface area contributed by atoms with Crippen molar-refractivity contribution >= 4 is 11.8 Å². The van der Waals surface area contributed by atoms with Gasteiger partial charge in [-0.15, -0.1) is 16.8 Å². The fraction of sp³-hybridized carbons (Fsp3) is 0.778. The van der Waals surface area contributed by atoms with Crippen LogP contribution in [0.15, 0.2) is 17.8 Å². The standard InChI is InChI=1S/C18H30N4S/c1-2-11-22-17(16-9-5-3-6-10-16)19-20-18(22)23-15-14-21-12-7-4-8-13-21/h2,16H,1,3-15H2/p+1. The molecule has 128 valence electrons. The minimum absolute atomic E-state index is 0.610. The maximum absolute atomic E-state index is 4.56. The molecule has 0 bridgehead atoms. The third-order valence-corrected chi connectivity index (χ3v) is 6.24. The maximum Gasteiger partial charge on any atom is 0.191 e. The van der Waals surface area contributed by atoms with Crippen molar-refractivity contribution in [3.05, 3.63) is 18.5 Å². The van der Waals surface area contributed by atoms with Gasteiger partial charge in [0.1, 0.15) is 5.82 Å². The highest BCUT2D eigenvalue weighted by Crippen LogP contribution is 2.33. The molecule has 0 amide bonds. The molecule has 0 radical (unpaired) electrons. The fourth-order valence-corrected chi connectivity index (χ4v) is 4.95. The fourth-order valence-electron chi connectivity index (χ4n) is 3.96. The number of nitrogens with zero attached hydrogens (tertiary/aromatic N) is 3. The normalized spacial score (nSPS) is 20.7. The average Bonchev–Trinajstić information content (AvgIpc) is 3.00. The molecule has 23 heavy (non-hydrogen) atoms. The Morgan fingerprint density at radius 3 is 2.57 bits per heavy atom. The molecule has 2 aliphatic rings. The van der Waals surface area contributed by atoms with E-state index < -0.39 is 0 Å². The van der Waals surface area contributed by atoms with E-state index in [1.54, 1.807) is 4.90 Å². The van der Waals surface area contributed by atoms with Gasteiger partial charge in [-0.25, -0.2) is 0 Å². The number of likely N-dealkylation sites (tertiary alicyclic amines) is 1. The van der Waals surface area contributed by atoms with Crippen LogP contribution in [0.2, 0.25) is 0 Å². The van der Waals surface area contributed by atoms with Gasteiger partial charge >= 0.3 is 0 Å². The Bertz CT molecular complexity index is 487. The van der Waals surface area contributed by atoms with Crippen LogP contribution in [0.1, 0.15) is 63.1 Å². The SMILES string of the molecule is C=CCn1c(SCC[NH+]2CCCCC2)nnc1C1CCCCC1. The van der Waals surface area contributed by atoms with Crippen molar-refractivity contribution in [2.75, 3.05) is 25.4 Å². The number of rotatable bonds is 7. The predicted molar refractivity (Wildman–Crippen MR) is 96.2 cm³/mol. The molecule has 1 saturated carbocycles. The molecular formula is C18H31N4S+. The average molecular weight is 336 g/mol. The molecule has 4 nitrogen and oxygen atoms in total. The lowest BCUT2D eigenvalue weighted by molar-refractivity contribution is -0.902. The lowest BCUT2D eigenvalue weighted by Crippen LogP contribution is -3.13.